The van der Waals surface area contributed by atoms with Gasteiger partial charge in [0.1, 0.15) is 0 Å². The molecule has 0 aliphatic rings. The van der Waals surface area contributed by atoms with Crippen LogP contribution in [0.4, 0.5) is 0 Å². The number of unbranched alkanes of at least 4 members (excludes halogenated alkanes) is 1. The van der Waals surface area contributed by atoms with E-state index in [2.05, 4.69) is 18.3 Å². The molecule has 4 nitrogen and oxygen atoms in total. The zero-order valence-corrected chi connectivity index (χ0v) is 14.3. The molecule has 0 spiro atoms. The molecule has 0 fully saturated rings. The second-order valence-corrected chi connectivity index (χ2v) is 5.60. The molecule has 0 aromatic heterocycles. The molecule has 0 bridgehead atoms. The van der Waals surface area contributed by atoms with Crippen LogP contribution in [0.15, 0.2) is 42.5 Å². The number of nitrogens with zero attached hydrogens (tertiary/aromatic N) is 1. The molecule has 0 amide bonds. The normalized spacial score (nSPS) is 10.2. The lowest BCUT2D eigenvalue weighted by Gasteiger charge is -2.12. The highest BCUT2D eigenvalue weighted by Crippen LogP contribution is 2.28. The number of methoxy groups -OCH3 is 1. The van der Waals surface area contributed by atoms with Crippen LogP contribution in [-0.4, -0.2) is 13.7 Å². The maximum Gasteiger partial charge on any atom is 0.161 e. The Morgan fingerprint density at radius 2 is 1.83 bits per heavy atom. The first-order chi connectivity index (χ1) is 11.8. The van der Waals surface area contributed by atoms with E-state index in [1.807, 2.05) is 42.5 Å². The van der Waals surface area contributed by atoms with Crippen LogP contribution in [-0.2, 0) is 13.1 Å². The van der Waals surface area contributed by atoms with Gasteiger partial charge < -0.3 is 14.8 Å². The Kier molecular flexibility index (Phi) is 7.13. The maximum atomic E-state index is 8.94. The fraction of sp³-hybridized carbons (Fsp3) is 0.350. The minimum Gasteiger partial charge on any atom is -0.493 e. The Morgan fingerprint density at radius 3 is 2.54 bits per heavy atom. The number of hydrogen-bond donors (Lipinski definition) is 1. The van der Waals surface area contributed by atoms with Crippen molar-refractivity contribution in [2.45, 2.75) is 32.9 Å². The summed E-state index contributed by atoms with van der Waals surface area (Å²) in [7, 11) is 1.65. The van der Waals surface area contributed by atoms with E-state index in [0.29, 0.717) is 18.7 Å². The highest BCUT2D eigenvalue weighted by atomic mass is 16.5. The minimum absolute atomic E-state index is 0.686. The van der Waals surface area contributed by atoms with Crippen molar-refractivity contribution in [3.05, 3.63) is 59.2 Å². The summed E-state index contributed by atoms with van der Waals surface area (Å²) in [5, 5.41) is 12.3. The van der Waals surface area contributed by atoms with Crippen molar-refractivity contribution in [1.82, 2.24) is 5.32 Å². The Morgan fingerprint density at radius 1 is 1.04 bits per heavy atom. The lowest BCUT2D eigenvalue weighted by Crippen LogP contribution is -2.13. The summed E-state index contributed by atoms with van der Waals surface area (Å²) in [6, 6.07) is 15.8. The second kappa shape index (κ2) is 9.59. The fourth-order valence-electron chi connectivity index (χ4n) is 2.37. The lowest BCUT2D eigenvalue weighted by molar-refractivity contribution is 0.288. The molecule has 0 aliphatic heterocycles. The molecule has 0 unspecified atom stereocenters. The Labute approximate surface area is 144 Å². The number of benzene rings is 2. The van der Waals surface area contributed by atoms with Crippen molar-refractivity contribution >= 4 is 0 Å². The average Bonchev–Trinajstić information content (AvgIpc) is 2.62. The van der Waals surface area contributed by atoms with Crippen LogP contribution in [0.3, 0.4) is 0 Å². The summed E-state index contributed by atoms with van der Waals surface area (Å²) in [6.07, 6.45) is 2.13. The predicted molar refractivity (Wildman–Crippen MR) is 95.1 cm³/mol. The molecule has 0 saturated heterocycles. The largest absolute Gasteiger partial charge is 0.493 e. The van der Waals surface area contributed by atoms with Gasteiger partial charge in [-0.2, -0.15) is 5.26 Å². The monoisotopic (exact) mass is 324 g/mol. The SMILES string of the molecule is CCCCOc1cc(CNCc2cccc(C#N)c2)ccc1OC. The lowest BCUT2D eigenvalue weighted by atomic mass is 10.1. The standard InChI is InChI=1S/C20H24N2O2/c1-3-4-10-24-20-12-18(8-9-19(20)23-2)15-22-14-17-7-5-6-16(11-17)13-21/h5-9,11-12,22H,3-4,10,14-15H2,1-2H3. The first kappa shape index (κ1) is 17.8. The third-order valence-electron chi connectivity index (χ3n) is 3.70. The first-order valence-corrected chi connectivity index (χ1v) is 8.26. The van der Waals surface area contributed by atoms with Crippen molar-refractivity contribution < 1.29 is 9.47 Å². The highest BCUT2D eigenvalue weighted by molar-refractivity contribution is 5.43. The minimum atomic E-state index is 0.686. The van der Waals surface area contributed by atoms with E-state index < -0.39 is 0 Å². The molecular weight excluding hydrogens is 300 g/mol. The zero-order chi connectivity index (χ0) is 17.2. The van der Waals surface area contributed by atoms with Crippen LogP contribution in [0.25, 0.3) is 0 Å². The maximum absolute atomic E-state index is 8.94. The molecule has 0 atom stereocenters. The summed E-state index contributed by atoms with van der Waals surface area (Å²) >= 11 is 0. The topological polar surface area (TPSA) is 54.3 Å². The van der Waals surface area contributed by atoms with Gasteiger partial charge in [-0.1, -0.05) is 31.5 Å². The van der Waals surface area contributed by atoms with Gasteiger partial charge in [-0.15, -0.1) is 0 Å². The number of nitrogens with one attached hydrogen (secondary N) is 1. The van der Waals surface area contributed by atoms with Gasteiger partial charge in [0.25, 0.3) is 0 Å². The number of hydrogen-bond acceptors (Lipinski definition) is 4. The van der Waals surface area contributed by atoms with E-state index in [9.17, 15) is 0 Å². The number of rotatable bonds is 9. The summed E-state index contributed by atoms with van der Waals surface area (Å²) < 4.78 is 11.2. The van der Waals surface area contributed by atoms with Crippen molar-refractivity contribution in [2.75, 3.05) is 13.7 Å². The molecule has 2 aromatic carbocycles. The number of ether oxygens (including phenoxy) is 2. The van der Waals surface area contributed by atoms with Gasteiger partial charge in [0.05, 0.1) is 25.3 Å². The van der Waals surface area contributed by atoms with E-state index >= 15 is 0 Å². The van der Waals surface area contributed by atoms with Crippen molar-refractivity contribution in [3.63, 3.8) is 0 Å². The third-order valence-corrected chi connectivity index (χ3v) is 3.70. The molecular formula is C20H24N2O2. The van der Waals surface area contributed by atoms with Gasteiger partial charge >= 0.3 is 0 Å². The van der Waals surface area contributed by atoms with Crippen LogP contribution in [0.1, 0.15) is 36.5 Å². The predicted octanol–water partition coefficient (Wildman–Crippen LogP) is 4.04. The van der Waals surface area contributed by atoms with Gasteiger partial charge in [0.15, 0.2) is 11.5 Å². The van der Waals surface area contributed by atoms with Crippen molar-refractivity contribution in [1.29, 1.82) is 5.26 Å². The van der Waals surface area contributed by atoms with E-state index in [1.165, 1.54) is 0 Å². The van der Waals surface area contributed by atoms with Crippen LogP contribution < -0.4 is 14.8 Å². The van der Waals surface area contributed by atoms with E-state index in [1.54, 1.807) is 7.11 Å². The average molecular weight is 324 g/mol. The molecule has 126 valence electrons. The smallest absolute Gasteiger partial charge is 0.161 e. The molecule has 24 heavy (non-hydrogen) atoms. The van der Waals surface area contributed by atoms with Crippen LogP contribution in [0, 0.1) is 11.3 Å². The van der Waals surface area contributed by atoms with Crippen molar-refractivity contribution in [2.24, 2.45) is 0 Å². The van der Waals surface area contributed by atoms with Crippen LogP contribution >= 0.6 is 0 Å². The number of nitriles is 1. The van der Waals surface area contributed by atoms with Crippen LogP contribution in [0.5, 0.6) is 11.5 Å². The summed E-state index contributed by atoms with van der Waals surface area (Å²) in [6.45, 7) is 4.28. The summed E-state index contributed by atoms with van der Waals surface area (Å²) in [5.74, 6) is 1.55. The summed E-state index contributed by atoms with van der Waals surface area (Å²) in [5.41, 5.74) is 2.92. The zero-order valence-electron chi connectivity index (χ0n) is 14.3. The Hall–Kier alpha value is -2.51. The molecule has 1 N–H and O–H groups in total. The first-order valence-electron chi connectivity index (χ1n) is 8.26. The molecule has 4 heteroatoms. The van der Waals surface area contributed by atoms with Gasteiger partial charge in [0.2, 0.25) is 0 Å². The van der Waals surface area contributed by atoms with Crippen molar-refractivity contribution in [3.8, 4) is 17.6 Å². The molecule has 0 aliphatic carbocycles. The molecule has 0 saturated carbocycles. The quantitative estimate of drug-likeness (QED) is 0.707. The molecule has 2 rings (SSSR count). The third kappa shape index (κ3) is 5.29. The second-order valence-electron chi connectivity index (χ2n) is 5.60. The molecule has 0 heterocycles. The van der Waals surface area contributed by atoms with Gasteiger partial charge in [-0.25, -0.2) is 0 Å². The van der Waals surface area contributed by atoms with Crippen LogP contribution in [0.2, 0.25) is 0 Å². The van der Waals surface area contributed by atoms with E-state index in [4.69, 9.17) is 14.7 Å². The Balaban J connectivity index is 1.94. The van der Waals surface area contributed by atoms with E-state index in [0.717, 1.165) is 42.0 Å². The van der Waals surface area contributed by atoms with Gasteiger partial charge in [-0.3, -0.25) is 0 Å². The Bertz CT molecular complexity index is 692. The van der Waals surface area contributed by atoms with E-state index in [-0.39, 0.29) is 0 Å². The fourth-order valence-corrected chi connectivity index (χ4v) is 2.37. The molecule has 0 radical (unpaired) electrons. The van der Waals surface area contributed by atoms with Gasteiger partial charge in [-0.05, 0) is 41.8 Å². The van der Waals surface area contributed by atoms with Gasteiger partial charge in [0, 0.05) is 13.1 Å². The molecule has 2 aromatic rings. The highest BCUT2D eigenvalue weighted by Gasteiger charge is 2.06. The summed E-state index contributed by atoms with van der Waals surface area (Å²) in [4.78, 5) is 0.